The molecule has 0 unspecified atom stereocenters. The third-order valence-corrected chi connectivity index (χ3v) is 4.77. The molecule has 2 amide bonds. The molecule has 0 aliphatic rings. The van der Waals surface area contributed by atoms with E-state index in [4.69, 9.17) is 27.9 Å². The fourth-order valence-electron chi connectivity index (χ4n) is 2.13. The first-order valence-electron chi connectivity index (χ1n) is 7.92. The van der Waals surface area contributed by atoms with Gasteiger partial charge < -0.3 is 15.4 Å². The minimum atomic E-state index is -1.29. The third kappa shape index (κ3) is 4.68. The molecule has 2 aromatic carbocycles. The Bertz CT molecular complexity index is 805. The number of anilines is 1. The third-order valence-electron chi connectivity index (χ3n) is 3.95. The Kier molecular flexibility index (Phi) is 6.51. The van der Waals surface area contributed by atoms with Crippen molar-refractivity contribution in [3.8, 4) is 5.75 Å². The summed E-state index contributed by atoms with van der Waals surface area (Å²) in [6.07, 6.45) is 0. The largest absolute Gasteiger partial charge is 0.497 e. The number of ether oxygens (including phenoxy) is 1. The van der Waals surface area contributed by atoms with Gasteiger partial charge in [-0.3, -0.25) is 9.59 Å². The van der Waals surface area contributed by atoms with E-state index in [1.165, 1.54) is 0 Å². The minimum absolute atomic E-state index is 0.233. The second-order valence-corrected chi connectivity index (χ2v) is 7.00. The topological polar surface area (TPSA) is 67.4 Å². The van der Waals surface area contributed by atoms with E-state index in [2.05, 4.69) is 10.6 Å². The maximum Gasteiger partial charge on any atom is 0.239 e. The molecule has 0 radical (unpaired) electrons. The van der Waals surface area contributed by atoms with Gasteiger partial charge >= 0.3 is 0 Å². The van der Waals surface area contributed by atoms with Gasteiger partial charge in [0.15, 0.2) is 0 Å². The lowest BCUT2D eigenvalue weighted by atomic mass is 9.90. The van der Waals surface area contributed by atoms with Gasteiger partial charge in [-0.25, -0.2) is 0 Å². The minimum Gasteiger partial charge on any atom is -0.497 e. The van der Waals surface area contributed by atoms with Gasteiger partial charge in [0.2, 0.25) is 11.8 Å². The van der Waals surface area contributed by atoms with Crippen LogP contribution in [-0.4, -0.2) is 18.9 Å². The molecule has 5 nitrogen and oxygen atoms in total. The predicted octanol–water partition coefficient (Wildman–Crippen LogP) is 4.28. The molecule has 0 fully saturated rings. The van der Waals surface area contributed by atoms with Crippen molar-refractivity contribution in [2.24, 2.45) is 5.41 Å². The van der Waals surface area contributed by atoms with Crippen molar-refractivity contribution in [2.75, 3.05) is 12.4 Å². The van der Waals surface area contributed by atoms with E-state index < -0.39 is 17.2 Å². The summed E-state index contributed by atoms with van der Waals surface area (Å²) in [6.45, 7) is 3.39. The Morgan fingerprint density at radius 3 is 2.31 bits per heavy atom. The number of hydrogen-bond donors (Lipinski definition) is 2. The summed E-state index contributed by atoms with van der Waals surface area (Å²) >= 11 is 12.0. The highest BCUT2D eigenvalue weighted by Gasteiger charge is 2.36. The summed E-state index contributed by atoms with van der Waals surface area (Å²) in [5, 5.41) is 5.98. The van der Waals surface area contributed by atoms with Crippen LogP contribution >= 0.6 is 23.2 Å². The molecule has 0 heterocycles. The first kappa shape index (κ1) is 20.1. The molecule has 138 valence electrons. The number of benzene rings is 2. The quantitative estimate of drug-likeness (QED) is 0.718. The average Bonchev–Trinajstić information content (AvgIpc) is 2.63. The number of carbonyl (C=O) groups excluding carboxylic acids is 2. The van der Waals surface area contributed by atoms with Crippen LogP contribution in [0.5, 0.6) is 5.75 Å². The Balaban J connectivity index is 2.01. The van der Waals surface area contributed by atoms with Crippen molar-refractivity contribution in [2.45, 2.75) is 20.4 Å². The van der Waals surface area contributed by atoms with Crippen LogP contribution < -0.4 is 15.4 Å². The number of methoxy groups -OCH3 is 1. The van der Waals surface area contributed by atoms with E-state index >= 15 is 0 Å². The molecular weight excluding hydrogens is 375 g/mol. The van der Waals surface area contributed by atoms with Gasteiger partial charge in [-0.1, -0.05) is 41.4 Å². The summed E-state index contributed by atoms with van der Waals surface area (Å²) in [5.41, 5.74) is -0.0357. The number of amides is 2. The maximum atomic E-state index is 12.5. The van der Waals surface area contributed by atoms with Crippen LogP contribution in [0.25, 0.3) is 0 Å². The average molecular weight is 395 g/mol. The summed E-state index contributed by atoms with van der Waals surface area (Å²) in [4.78, 5) is 25.0. The SMILES string of the molecule is COc1ccc(CNC(=O)C(C)(C)C(=O)Nc2cccc(Cl)c2Cl)cc1. The fourth-order valence-corrected chi connectivity index (χ4v) is 2.48. The van der Waals surface area contributed by atoms with Gasteiger partial charge in [0.05, 0.1) is 22.8 Å². The lowest BCUT2D eigenvalue weighted by molar-refractivity contribution is -0.138. The molecule has 26 heavy (non-hydrogen) atoms. The highest BCUT2D eigenvalue weighted by Crippen LogP contribution is 2.31. The Morgan fingerprint density at radius 1 is 1.04 bits per heavy atom. The molecule has 2 aromatic rings. The van der Waals surface area contributed by atoms with Gasteiger partial charge in [0, 0.05) is 6.54 Å². The van der Waals surface area contributed by atoms with Crippen LogP contribution in [0, 0.1) is 5.41 Å². The molecule has 2 rings (SSSR count). The van der Waals surface area contributed by atoms with Crippen LogP contribution in [0.3, 0.4) is 0 Å². The van der Waals surface area contributed by atoms with Crippen molar-refractivity contribution >= 4 is 40.7 Å². The van der Waals surface area contributed by atoms with E-state index in [0.29, 0.717) is 17.3 Å². The van der Waals surface area contributed by atoms with Gasteiger partial charge in [-0.05, 0) is 43.7 Å². The van der Waals surface area contributed by atoms with Crippen molar-refractivity contribution in [1.29, 1.82) is 0 Å². The molecule has 0 atom stereocenters. The van der Waals surface area contributed by atoms with Crippen molar-refractivity contribution in [3.05, 3.63) is 58.1 Å². The lowest BCUT2D eigenvalue weighted by Gasteiger charge is -2.23. The highest BCUT2D eigenvalue weighted by atomic mass is 35.5. The predicted molar refractivity (Wildman–Crippen MR) is 104 cm³/mol. The Morgan fingerprint density at radius 2 is 1.69 bits per heavy atom. The number of nitrogens with one attached hydrogen (secondary N) is 2. The Labute approximate surface area is 162 Å². The standard InChI is InChI=1S/C19H20Cl2N2O3/c1-19(2,18(25)23-15-6-4-5-14(20)16(15)21)17(24)22-11-12-7-9-13(26-3)10-8-12/h4-10H,11H2,1-3H3,(H,22,24)(H,23,25). The molecule has 0 bridgehead atoms. The van der Waals surface area contributed by atoms with Crippen LogP contribution in [-0.2, 0) is 16.1 Å². The number of carbonyl (C=O) groups is 2. The molecule has 0 saturated heterocycles. The van der Waals surface area contributed by atoms with E-state index in [-0.39, 0.29) is 5.02 Å². The van der Waals surface area contributed by atoms with E-state index in [9.17, 15) is 9.59 Å². The van der Waals surface area contributed by atoms with Crippen LogP contribution in [0.4, 0.5) is 5.69 Å². The Hall–Kier alpha value is -2.24. The molecule has 2 N–H and O–H groups in total. The van der Waals surface area contributed by atoms with E-state index in [0.717, 1.165) is 11.3 Å². The normalized spacial score (nSPS) is 11.0. The number of rotatable bonds is 6. The summed E-state index contributed by atoms with van der Waals surface area (Å²) in [7, 11) is 1.59. The van der Waals surface area contributed by atoms with E-state index in [1.807, 2.05) is 12.1 Å². The summed E-state index contributed by atoms with van der Waals surface area (Å²) in [5.74, 6) is -0.143. The lowest BCUT2D eigenvalue weighted by Crippen LogP contribution is -2.44. The molecule has 0 aromatic heterocycles. The van der Waals surface area contributed by atoms with Crippen LogP contribution in [0.1, 0.15) is 19.4 Å². The summed E-state index contributed by atoms with van der Waals surface area (Å²) in [6, 6.07) is 12.2. The van der Waals surface area contributed by atoms with Crippen molar-refractivity contribution in [3.63, 3.8) is 0 Å². The number of halogens is 2. The van der Waals surface area contributed by atoms with Gasteiger partial charge in [0.1, 0.15) is 11.2 Å². The molecule has 0 aliphatic heterocycles. The molecule has 0 aliphatic carbocycles. The molecular formula is C19H20Cl2N2O3. The second kappa shape index (κ2) is 8.43. The first-order valence-corrected chi connectivity index (χ1v) is 8.68. The summed E-state index contributed by atoms with van der Waals surface area (Å²) < 4.78 is 5.09. The zero-order chi connectivity index (χ0) is 19.3. The highest BCUT2D eigenvalue weighted by molar-refractivity contribution is 6.44. The zero-order valence-corrected chi connectivity index (χ0v) is 16.2. The monoisotopic (exact) mass is 394 g/mol. The van der Waals surface area contributed by atoms with Crippen molar-refractivity contribution < 1.29 is 14.3 Å². The van der Waals surface area contributed by atoms with Crippen molar-refractivity contribution in [1.82, 2.24) is 5.32 Å². The van der Waals surface area contributed by atoms with E-state index in [1.54, 1.807) is 51.3 Å². The smallest absolute Gasteiger partial charge is 0.239 e. The zero-order valence-electron chi connectivity index (χ0n) is 14.7. The molecule has 7 heteroatoms. The van der Waals surface area contributed by atoms with Crippen LogP contribution in [0.15, 0.2) is 42.5 Å². The van der Waals surface area contributed by atoms with Crippen LogP contribution in [0.2, 0.25) is 10.0 Å². The van der Waals surface area contributed by atoms with Gasteiger partial charge in [-0.15, -0.1) is 0 Å². The van der Waals surface area contributed by atoms with Gasteiger partial charge in [0.25, 0.3) is 0 Å². The first-order chi connectivity index (χ1) is 12.3. The number of hydrogen-bond acceptors (Lipinski definition) is 3. The molecule has 0 spiro atoms. The molecule has 0 saturated carbocycles. The fraction of sp³-hybridized carbons (Fsp3) is 0.263. The second-order valence-electron chi connectivity index (χ2n) is 6.21. The van der Waals surface area contributed by atoms with Gasteiger partial charge in [-0.2, -0.15) is 0 Å². The maximum absolute atomic E-state index is 12.5.